The number of morpholine rings is 1. The smallest absolute Gasteiger partial charge is 0.309 e. The minimum absolute atomic E-state index is 0.0300. The highest BCUT2D eigenvalue weighted by Gasteiger charge is 2.24. The molecule has 0 spiro atoms. The fourth-order valence-electron chi connectivity index (χ4n) is 3.36. The summed E-state index contributed by atoms with van der Waals surface area (Å²) in [5, 5.41) is 5.40. The number of amides is 2. The Kier molecular flexibility index (Phi) is 7.75. The van der Waals surface area contributed by atoms with Gasteiger partial charge in [-0.2, -0.15) is 0 Å². The van der Waals surface area contributed by atoms with Gasteiger partial charge >= 0.3 is 11.8 Å². The molecule has 2 heterocycles. The van der Waals surface area contributed by atoms with E-state index in [-0.39, 0.29) is 12.6 Å². The Morgan fingerprint density at radius 1 is 1.07 bits per heavy atom. The molecular formula is C22H29N5O3. The normalized spacial score (nSPS) is 15.3. The summed E-state index contributed by atoms with van der Waals surface area (Å²) < 4.78 is 5.47. The van der Waals surface area contributed by atoms with Crippen molar-refractivity contribution in [2.24, 2.45) is 0 Å². The molecule has 8 heteroatoms. The van der Waals surface area contributed by atoms with Gasteiger partial charge in [-0.05, 0) is 29.8 Å². The van der Waals surface area contributed by atoms with Gasteiger partial charge in [0.15, 0.2) is 0 Å². The molecule has 0 radical (unpaired) electrons. The Bertz CT molecular complexity index is 820. The van der Waals surface area contributed by atoms with Crippen molar-refractivity contribution >= 4 is 17.5 Å². The van der Waals surface area contributed by atoms with Gasteiger partial charge in [-0.15, -0.1) is 0 Å². The van der Waals surface area contributed by atoms with Gasteiger partial charge in [-0.25, -0.2) is 0 Å². The molecule has 1 aliphatic rings. The topological polar surface area (TPSA) is 86.8 Å². The molecule has 1 fully saturated rings. The van der Waals surface area contributed by atoms with E-state index in [9.17, 15) is 9.59 Å². The van der Waals surface area contributed by atoms with Gasteiger partial charge in [0.25, 0.3) is 0 Å². The summed E-state index contributed by atoms with van der Waals surface area (Å²) in [7, 11) is 4.00. The Labute approximate surface area is 177 Å². The summed E-state index contributed by atoms with van der Waals surface area (Å²) in [5.74, 6) is -1.31. The standard InChI is InChI=1S/C22H29N5O3/c1-26(2)19-8-6-17(7-9-19)20(27-11-13-30-14-12-27)16-25-22(29)21(28)24-15-18-5-3-4-10-23-18/h3-10,20H,11-16H2,1-2H3,(H,24,28)(H,25,29). The molecule has 3 rings (SSSR count). The molecule has 1 unspecified atom stereocenters. The monoisotopic (exact) mass is 411 g/mol. The number of nitrogens with zero attached hydrogens (tertiary/aromatic N) is 3. The Morgan fingerprint density at radius 3 is 2.40 bits per heavy atom. The van der Waals surface area contributed by atoms with E-state index in [2.05, 4.69) is 44.8 Å². The highest BCUT2D eigenvalue weighted by atomic mass is 16.5. The highest BCUT2D eigenvalue weighted by Crippen LogP contribution is 2.23. The van der Waals surface area contributed by atoms with Crippen LogP contribution in [0.2, 0.25) is 0 Å². The number of ether oxygens (including phenoxy) is 1. The van der Waals surface area contributed by atoms with Crippen LogP contribution >= 0.6 is 0 Å². The van der Waals surface area contributed by atoms with Gasteiger partial charge in [0.2, 0.25) is 0 Å². The van der Waals surface area contributed by atoms with Crippen LogP contribution in [-0.4, -0.2) is 68.6 Å². The van der Waals surface area contributed by atoms with Crippen molar-refractivity contribution in [2.75, 3.05) is 51.8 Å². The van der Waals surface area contributed by atoms with Crippen LogP contribution in [0.5, 0.6) is 0 Å². The first-order chi connectivity index (χ1) is 14.5. The minimum atomic E-state index is -0.663. The van der Waals surface area contributed by atoms with Crippen molar-refractivity contribution < 1.29 is 14.3 Å². The number of hydrogen-bond acceptors (Lipinski definition) is 6. The molecule has 2 aromatic rings. The number of nitrogens with one attached hydrogen (secondary N) is 2. The lowest BCUT2D eigenvalue weighted by molar-refractivity contribution is -0.139. The molecule has 2 N–H and O–H groups in total. The molecule has 1 atom stereocenters. The third kappa shape index (κ3) is 6.01. The van der Waals surface area contributed by atoms with E-state index in [0.717, 1.165) is 24.3 Å². The van der Waals surface area contributed by atoms with Gasteiger partial charge in [0, 0.05) is 45.6 Å². The van der Waals surface area contributed by atoms with Gasteiger partial charge in [-0.1, -0.05) is 18.2 Å². The number of carbonyl (C=O) groups is 2. The molecule has 8 nitrogen and oxygen atoms in total. The fourth-order valence-corrected chi connectivity index (χ4v) is 3.36. The van der Waals surface area contributed by atoms with Crippen LogP contribution in [0.4, 0.5) is 5.69 Å². The molecular weight excluding hydrogens is 382 g/mol. The molecule has 1 aromatic carbocycles. The van der Waals surface area contributed by atoms with Gasteiger partial charge in [0.1, 0.15) is 0 Å². The zero-order valence-electron chi connectivity index (χ0n) is 17.5. The third-order valence-corrected chi connectivity index (χ3v) is 5.10. The van der Waals surface area contributed by atoms with Crippen LogP contribution in [0.25, 0.3) is 0 Å². The van der Waals surface area contributed by atoms with E-state index in [0.29, 0.717) is 25.5 Å². The SMILES string of the molecule is CN(C)c1ccc(C(CNC(=O)C(=O)NCc2ccccn2)N2CCOCC2)cc1. The largest absolute Gasteiger partial charge is 0.379 e. The number of benzene rings is 1. The maximum Gasteiger partial charge on any atom is 0.309 e. The van der Waals surface area contributed by atoms with Crippen LogP contribution in [0.1, 0.15) is 17.3 Å². The van der Waals surface area contributed by atoms with Gasteiger partial charge < -0.3 is 20.3 Å². The number of carbonyl (C=O) groups excluding carboxylic acids is 2. The van der Waals surface area contributed by atoms with Crippen molar-refractivity contribution in [3.63, 3.8) is 0 Å². The van der Waals surface area contributed by atoms with Crippen LogP contribution in [0.3, 0.4) is 0 Å². The Morgan fingerprint density at radius 2 is 1.77 bits per heavy atom. The van der Waals surface area contributed by atoms with Gasteiger partial charge in [-0.3, -0.25) is 19.5 Å². The van der Waals surface area contributed by atoms with Crippen molar-refractivity contribution in [1.29, 1.82) is 0 Å². The number of hydrogen-bond donors (Lipinski definition) is 2. The maximum atomic E-state index is 12.3. The van der Waals surface area contributed by atoms with E-state index in [1.54, 1.807) is 18.3 Å². The fraction of sp³-hybridized carbons (Fsp3) is 0.409. The molecule has 2 amide bonds. The van der Waals surface area contributed by atoms with E-state index in [4.69, 9.17) is 4.74 Å². The first-order valence-electron chi connectivity index (χ1n) is 10.1. The van der Waals surface area contributed by atoms with Crippen molar-refractivity contribution in [3.8, 4) is 0 Å². The van der Waals surface area contributed by atoms with Crippen LogP contribution in [-0.2, 0) is 20.9 Å². The third-order valence-electron chi connectivity index (χ3n) is 5.10. The van der Waals surface area contributed by atoms with E-state index in [1.807, 2.05) is 25.1 Å². The molecule has 1 aromatic heterocycles. The predicted octanol–water partition coefficient (Wildman–Crippen LogP) is 0.954. The number of anilines is 1. The second kappa shape index (κ2) is 10.7. The first kappa shape index (κ1) is 21.7. The highest BCUT2D eigenvalue weighted by molar-refractivity contribution is 6.35. The lowest BCUT2D eigenvalue weighted by Gasteiger charge is -2.35. The summed E-state index contributed by atoms with van der Waals surface area (Å²) in [5.41, 5.74) is 2.90. The van der Waals surface area contributed by atoms with Crippen molar-refractivity contribution in [3.05, 3.63) is 59.9 Å². The Hall–Kier alpha value is -2.97. The molecule has 0 saturated carbocycles. The van der Waals surface area contributed by atoms with Gasteiger partial charge in [0.05, 0.1) is 31.5 Å². The van der Waals surface area contributed by atoms with Crippen LogP contribution in [0.15, 0.2) is 48.7 Å². The molecule has 1 saturated heterocycles. The van der Waals surface area contributed by atoms with E-state index in [1.165, 1.54) is 0 Å². The molecule has 160 valence electrons. The number of pyridine rings is 1. The lowest BCUT2D eigenvalue weighted by Crippen LogP contribution is -2.46. The minimum Gasteiger partial charge on any atom is -0.379 e. The summed E-state index contributed by atoms with van der Waals surface area (Å²) in [4.78, 5) is 33.0. The lowest BCUT2D eigenvalue weighted by atomic mass is 10.0. The number of aromatic nitrogens is 1. The second-order valence-corrected chi connectivity index (χ2v) is 7.36. The van der Waals surface area contributed by atoms with E-state index < -0.39 is 11.8 Å². The molecule has 30 heavy (non-hydrogen) atoms. The number of rotatable bonds is 7. The van der Waals surface area contributed by atoms with Crippen molar-refractivity contribution in [2.45, 2.75) is 12.6 Å². The predicted molar refractivity (Wildman–Crippen MR) is 115 cm³/mol. The molecule has 0 bridgehead atoms. The average molecular weight is 412 g/mol. The molecule has 0 aliphatic carbocycles. The molecule has 1 aliphatic heterocycles. The summed E-state index contributed by atoms with van der Waals surface area (Å²) in [6, 6.07) is 13.7. The van der Waals surface area contributed by atoms with E-state index >= 15 is 0 Å². The average Bonchev–Trinajstić information content (AvgIpc) is 2.79. The second-order valence-electron chi connectivity index (χ2n) is 7.36. The van der Waals surface area contributed by atoms with Crippen LogP contribution < -0.4 is 15.5 Å². The zero-order chi connectivity index (χ0) is 21.3. The zero-order valence-corrected chi connectivity index (χ0v) is 17.5. The summed E-state index contributed by atoms with van der Waals surface area (Å²) in [6.45, 7) is 3.43. The summed E-state index contributed by atoms with van der Waals surface area (Å²) >= 11 is 0. The quantitative estimate of drug-likeness (QED) is 0.660. The van der Waals surface area contributed by atoms with Crippen molar-refractivity contribution in [1.82, 2.24) is 20.5 Å². The first-order valence-corrected chi connectivity index (χ1v) is 10.1. The van der Waals surface area contributed by atoms with Crippen LogP contribution in [0, 0.1) is 0 Å². The summed E-state index contributed by atoms with van der Waals surface area (Å²) in [6.07, 6.45) is 1.65. The Balaban J connectivity index is 1.61. The maximum absolute atomic E-state index is 12.3.